The predicted octanol–water partition coefficient (Wildman–Crippen LogP) is 1.50. The normalized spacial score (nSPS) is 21.7. The maximum atomic E-state index is 13.3. The van der Waals surface area contributed by atoms with Gasteiger partial charge in [-0.3, -0.25) is 4.79 Å². The number of hydrogen-bond acceptors (Lipinski definition) is 5. The highest BCUT2D eigenvalue weighted by Gasteiger charge is 2.41. The SMILES string of the molecule is CN(C)c1cccc2c(S(=O)(=O)N3C[C@H](O)CCC3C(=O)O)cccc12. The fourth-order valence-corrected chi connectivity index (χ4v) is 5.30. The maximum Gasteiger partial charge on any atom is 0.322 e. The first-order valence-corrected chi connectivity index (χ1v) is 9.79. The van der Waals surface area contributed by atoms with E-state index in [1.165, 1.54) is 6.07 Å². The van der Waals surface area contributed by atoms with Crippen molar-refractivity contribution in [2.24, 2.45) is 0 Å². The van der Waals surface area contributed by atoms with Gasteiger partial charge in [0.2, 0.25) is 10.0 Å². The molecular formula is C18H22N2O5S. The maximum absolute atomic E-state index is 13.3. The molecule has 1 aliphatic heterocycles. The van der Waals surface area contributed by atoms with Crippen molar-refractivity contribution in [2.75, 3.05) is 25.5 Å². The summed E-state index contributed by atoms with van der Waals surface area (Å²) in [4.78, 5) is 13.5. The fraction of sp³-hybridized carbons (Fsp3) is 0.389. The summed E-state index contributed by atoms with van der Waals surface area (Å²) in [7, 11) is -0.339. The molecule has 2 aromatic rings. The van der Waals surface area contributed by atoms with E-state index in [-0.39, 0.29) is 24.3 Å². The van der Waals surface area contributed by atoms with E-state index in [1.54, 1.807) is 18.2 Å². The van der Waals surface area contributed by atoms with Crippen LogP contribution in [0.1, 0.15) is 12.8 Å². The van der Waals surface area contributed by atoms with Crippen LogP contribution in [0.3, 0.4) is 0 Å². The van der Waals surface area contributed by atoms with Crippen LogP contribution in [0, 0.1) is 0 Å². The molecule has 26 heavy (non-hydrogen) atoms. The van der Waals surface area contributed by atoms with E-state index in [9.17, 15) is 23.4 Å². The molecule has 7 nitrogen and oxygen atoms in total. The number of carbonyl (C=O) groups is 1. The van der Waals surface area contributed by atoms with E-state index in [1.807, 2.05) is 31.1 Å². The first-order valence-electron chi connectivity index (χ1n) is 8.35. The molecule has 1 aliphatic rings. The molecule has 0 bridgehead atoms. The molecule has 1 saturated heterocycles. The standard InChI is InChI=1S/C18H22N2O5S/c1-19(2)15-7-3-6-14-13(15)5-4-8-17(14)26(24,25)20-11-12(21)9-10-16(20)18(22)23/h3-8,12,16,21H,9-11H2,1-2H3,(H,22,23)/t12-,16?/m1/s1. The second kappa shape index (κ2) is 6.86. The molecular weight excluding hydrogens is 356 g/mol. The van der Waals surface area contributed by atoms with Crippen LogP contribution in [-0.4, -0.2) is 61.7 Å². The number of fused-ring (bicyclic) bond motifs is 1. The Balaban J connectivity index is 2.18. The van der Waals surface area contributed by atoms with Gasteiger partial charge in [-0.25, -0.2) is 8.42 Å². The minimum absolute atomic E-state index is 0.0547. The molecule has 0 saturated carbocycles. The summed E-state index contributed by atoms with van der Waals surface area (Å²) < 4.78 is 27.5. The van der Waals surface area contributed by atoms with Gasteiger partial charge in [-0.15, -0.1) is 0 Å². The van der Waals surface area contributed by atoms with Crippen molar-refractivity contribution in [3.63, 3.8) is 0 Å². The number of piperidine rings is 1. The van der Waals surface area contributed by atoms with Crippen LogP contribution in [0.4, 0.5) is 5.69 Å². The number of nitrogens with zero attached hydrogens (tertiary/aromatic N) is 2. The van der Waals surface area contributed by atoms with Gasteiger partial charge in [0.05, 0.1) is 11.0 Å². The van der Waals surface area contributed by atoms with E-state index >= 15 is 0 Å². The first kappa shape index (κ1) is 18.6. The van der Waals surface area contributed by atoms with Crippen LogP contribution in [0.2, 0.25) is 0 Å². The summed E-state index contributed by atoms with van der Waals surface area (Å²) in [6, 6.07) is 9.18. The van der Waals surface area contributed by atoms with Crippen LogP contribution >= 0.6 is 0 Å². The third kappa shape index (κ3) is 3.15. The average Bonchev–Trinajstić information content (AvgIpc) is 2.60. The Bertz CT molecular complexity index is 942. The molecule has 1 unspecified atom stereocenters. The topological polar surface area (TPSA) is 98.2 Å². The summed E-state index contributed by atoms with van der Waals surface area (Å²) >= 11 is 0. The summed E-state index contributed by atoms with van der Waals surface area (Å²) in [5.74, 6) is -1.20. The average molecular weight is 378 g/mol. The summed E-state index contributed by atoms with van der Waals surface area (Å²) in [6.07, 6.45) is -0.514. The van der Waals surface area contributed by atoms with Crippen LogP contribution in [-0.2, 0) is 14.8 Å². The minimum atomic E-state index is -4.08. The van der Waals surface area contributed by atoms with Crippen LogP contribution in [0.15, 0.2) is 41.3 Å². The largest absolute Gasteiger partial charge is 0.480 e. The third-order valence-corrected chi connectivity index (χ3v) is 6.66. The zero-order valence-electron chi connectivity index (χ0n) is 14.7. The van der Waals surface area contributed by atoms with E-state index in [4.69, 9.17) is 0 Å². The van der Waals surface area contributed by atoms with Gasteiger partial charge in [0.15, 0.2) is 0 Å². The molecule has 0 aliphatic carbocycles. The molecule has 140 valence electrons. The Hall–Kier alpha value is -2.16. The molecule has 0 amide bonds. The second-order valence-corrected chi connectivity index (χ2v) is 8.54. The number of rotatable bonds is 4. The molecule has 0 radical (unpaired) electrons. The van der Waals surface area contributed by atoms with Gasteiger partial charge in [0.25, 0.3) is 0 Å². The van der Waals surface area contributed by atoms with E-state index in [2.05, 4.69) is 0 Å². The zero-order chi connectivity index (χ0) is 19.1. The van der Waals surface area contributed by atoms with Crippen molar-refractivity contribution >= 4 is 32.5 Å². The number of carboxylic acids is 1. The molecule has 0 spiro atoms. The Morgan fingerprint density at radius 1 is 1.12 bits per heavy atom. The van der Waals surface area contributed by atoms with Gasteiger partial charge in [-0.1, -0.05) is 24.3 Å². The van der Waals surface area contributed by atoms with Crippen molar-refractivity contribution in [1.82, 2.24) is 4.31 Å². The van der Waals surface area contributed by atoms with Crippen LogP contribution in [0.25, 0.3) is 10.8 Å². The Morgan fingerprint density at radius 3 is 2.42 bits per heavy atom. The van der Waals surface area contributed by atoms with Gasteiger partial charge in [-0.05, 0) is 25.0 Å². The number of aliphatic hydroxyl groups excluding tert-OH is 1. The lowest BCUT2D eigenvalue weighted by Gasteiger charge is -2.34. The lowest BCUT2D eigenvalue weighted by molar-refractivity contribution is -0.143. The van der Waals surface area contributed by atoms with Crippen molar-refractivity contribution < 1.29 is 23.4 Å². The minimum Gasteiger partial charge on any atom is -0.480 e. The number of aliphatic hydroxyl groups is 1. The Morgan fingerprint density at radius 2 is 1.77 bits per heavy atom. The molecule has 2 atom stereocenters. The predicted molar refractivity (Wildman–Crippen MR) is 98.8 cm³/mol. The van der Waals surface area contributed by atoms with Crippen molar-refractivity contribution in [3.8, 4) is 0 Å². The fourth-order valence-electron chi connectivity index (χ4n) is 3.44. The van der Waals surface area contributed by atoms with Gasteiger partial charge in [0.1, 0.15) is 6.04 Å². The van der Waals surface area contributed by atoms with E-state index < -0.39 is 28.1 Å². The van der Waals surface area contributed by atoms with Crippen molar-refractivity contribution in [2.45, 2.75) is 29.9 Å². The summed E-state index contributed by atoms with van der Waals surface area (Å²) in [5, 5.41) is 20.7. The molecule has 0 aromatic heterocycles. The van der Waals surface area contributed by atoms with Gasteiger partial charge in [-0.2, -0.15) is 4.31 Å². The summed E-state index contributed by atoms with van der Waals surface area (Å²) in [5.41, 5.74) is 0.869. The van der Waals surface area contributed by atoms with E-state index in [0.29, 0.717) is 5.39 Å². The number of sulfonamides is 1. The lowest BCUT2D eigenvalue weighted by Crippen LogP contribution is -2.52. The molecule has 2 aromatic carbocycles. The molecule has 3 rings (SSSR count). The highest BCUT2D eigenvalue weighted by molar-refractivity contribution is 7.89. The zero-order valence-corrected chi connectivity index (χ0v) is 15.5. The summed E-state index contributed by atoms with van der Waals surface area (Å²) in [6.45, 7) is -0.219. The van der Waals surface area contributed by atoms with Crippen LogP contribution < -0.4 is 4.90 Å². The number of aliphatic carboxylic acids is 1. The highest BCUT2D eigenvalue weighted by atomic mass is 32.2. The second-order valence-electron chi connectivity index (χ2n) is 6.68. The van der Waals surface area contributed by atoms with Gasteiger partial charge in [0, 0.05) is 37.1 Å². The van der Waals surface area contributed by atoms with Crippen LogP contribution in [0.5, 0.6) is 0 Å². The van der Waals surface area contributed by atoms with Gasteiger partial charge < -0.3 is 15.1 Å². The third-order valence-electron chi connectivity index (χ3n) is 4.72. The molecule has 1 heterocycles. The van der Waals surface area contributed by atoms with E-state index in [0.717, 1.165) is 15.4 Å². The Kier molecular flexibility index (Phi) is 4.92. The molecule has 8 heteroatoms. The Labute approximate surface area is 152 Å². The van der Waals surface area contributed by atoms with Crippen molar-refractivity contribution in [3.05, 3.63) is 36.4 Å². The van der Waals surface area contributed by atoms with Crippen molar-refractivity contribution in [1.29, 1.82) is 0 Å². The molecule has 2 N–H and O–H groups in total. The number of β-amino-alcohol motifs (C(OH)–C–C–N with tert-alkyl or cyclic N) is 1. The first-order chi connectivity index (χ1) is 12.2. The smallest absolute Gasteiger partial charge is 0.322 e. The number of benzene rings is 2. The number of anilines is 1. The molecule has 1 fully saturated rings. The highest BCUT2D eigenvalue weighted by Crippen LogP contribution is 2.33. The lowest BCUT2D eigenvalue weighted by atomic mass is 10.0. The number of hydrogen-bond donors (Lipinski definition) is 2. The number of carboxylic acid groups (broad SMARTS) is 1. The quantitative estimate of drug-likeness (QED) is 0.837. The van der Waals surface area contributed by atoms with Gasteiger partial charge >= 0.3 is 5.97 Å². The monoisotopic (exact) mass is 378 g/mol.